The molecule has 122 valence electrons. The lowest BCUT2D eigenvalue weighted by Crippen LogP contribution is -2.29. The molecule has 0 heterocycles. The van der Waals surface area contributed by atoms with Crippen LogP contribution in [-0.2, 0) is 11.2 Å². The maximum atomic E-state index is 11.6. The Kier molecular flexibility index (Phi) is 5.27. The van der Waals surface area contributed by atoms with E-state index in [4.69, 9.17) is 9.47 Å². The molecule has 0 aliphatic heterocycles. The van der Waals surface area contributed by atoms with Crippen LogP contribution in [0.3, 0.4) is 0 Å². The highest BCUT2D eigenvalue weighted by Crippen LogP contribution is 2.24. The second-order valence-corrected chi connectivity index (χ2v) is 5.79. The van der Waals surface area contributed by atoms with Gasteiger partial charge in [-0.1, -0.05) is 23.8 Å². The summed E-state index contributed by atoms with van der Waals surface area (Å²) in [6, 6.07) is 11.4. The number of hydrogen-bond acceptors (Lipinski definition) is 3. The highest BCUT2D eigenvalue weighted by atomic mass is 16.5. The van der Waals surface area contributed by atoms with Gasteiger partial charge in [-0.15, -0.1) is 0 Å². The van der Waals surface area contributed by atoms with Gasteiger partial charge in [-0.2, -0.15) is 0 Å². The maximum Gasteiger partial charge on any atom is 0.345 e. The van der Waals surface area contributed by atoms with Crippen molar-refractivity contribution in [3.05, 3.63) is 58.7 Å². The topological polar surface area (TPSA) is 55.8 Å². The molecule has 0 radical (unpaired) electrons. The number of aryl methyl sites for hydroxylation is 3. The molecule has 2 aromatic carbocycles. The van der Waals surface area contributed by atoms with Crippen LogP contribution in [0.2, 0.25) is 0 Å². The van der Waals surface area contributed by atoms with Gasteiger partial charge in [0.15, 0.2) is 6.10 Å². The molecule has 0 saturated heterocycles. The molecule has 0 amide bonds. The zero-order valence-electron chi connectivity index (χ0n) is 13.9. The molecule has 0 bridgehead atoms. The largest absolute Gasteiger partial charge is 0.496 e. The number of ether oxygens (including phenoxy) is 2. The van der Waals surface area contributed by atoms with Crippen molar-refractivity contribution in [2.24, 2.45) is 0 Å². The molecular formula is C19H22O4. The molecule has 0 saturated carbocycles. The van der Waals surface area contributed by atoms with Crippen LogP contribution in [-0.4, -0.2) is 24.3 Å². The molecule has 0 unspecified atom stereocenters. The van der Waals surface area contributed by atoms with Gasteiger partial charge < -0.3 is 14.6 Å². The van der Waals surface area contributed by atoms with Crippen LogP contribution in [0.4, 0.5) is 0 Å². The highest BCUT2D eigenvalue weighted by molar-refractivity contribution is 5.73. The molecule has 23 heavy (non-hydrogen) atoms. The first-order chi connectivity index (χ1) is 10.9. The van der Waals surface area contributed by atoms with Crippen LogP contribution < -0.4 is 9.47 Å². The molecule has 0 fully saturated rings. The SMILES string of the molecule is COc1ccc(C)cc1C[C@@H](Oc1cc(C)cc(C)c1)C(=O)O. The second-order valence-electron chi connectivity index (χ2n) is 5.79. The summed E-state index contributed by atoms with van der Waals surface area (Å²) >= 11 is 0. The Labute approximate surface area is 136 Å². The van der Waals surface area contributed by atoms with E-state index >= 15 is 0 Å². The van der Waals surface area contributed by atoms with Crippen molar-refractivity contribution < 1.29 is 19.4 Å². The van der Waals surface area contributed by atoms with E-state index in [9.17, 15) is 9.90 Å². The van der Waals surface area contributed by atoms with Crippen molar-refractivity contribution in [3.63, 3.8) is 0 Å². The molecule has 2 rings (SSSR count). The molecule has 4 heteroatoms. The Morgan fingerprint density at radius 3 is 2.26 bits per heavy atom. The van der Waals surface area contributed by atoms with E-state index in [1.54, 1.807) is 7.11 Å². The van der Waals surface area contributed by atoms with Crippen LogP contribution in [0.15, 0.2) is 36.4 Å². The number of carboxylic acids is 1. The second kappa shape index (κ2) is 7.18. The number of carboxylic acid groups (broad SMARTS) is 1. The summed E-state index contributed by atoms with van der Waals surface area (Å²) in [5.41, 5.74) is 3.95. The summed E-state index contributed by atoms with van der Waals surface area (Å²) in [6.07, 6.45) is -0.723. The van der Waals surface area contributed by atoms with Crippen LogP contribution in [0.1, 0.15) is 22.3 Å². The number of aliphatic carboxylic acids is 1. The smallest absolute Gasteiger partial charge is 0.345 e. The summed E-state index contributed by atoms with van der Waals surface area (Å²) < 4.78 is 11.0. The van der Waals surface area contributed by atoms with Gasteiger partial charge in [0, 0.05) is 6.42 Å². The average Bonchev–Trinajstić information content (AvgIpc) is 2.45. The highest BCUT2D eigenvalue weighted by Gasteiger charge is 2.22. The van der Waals surface area contributed by atoms with Crippen molar-refractivity contribution in [3.8, 4) is 11.5 Å². The van der Waals surface area contributed by atoms with Crippen molar-refractivity contribution in [1.29, 1.82) is 0 Å². The Bertz CT molecular complexity index is 686. The molecule has 0 spiro atoms. The third-order valence-electron chi connectivity index (χ3n) is 3.59. The lowest BCUT2D eigenvalue weighted by molar-refractivity contribution is -0.145. The van der Waals surface area contributed by atoms with Gasteiger partial charge in [-0.3, -0.25) is 0 Å². The van der Waals surface area contributed by atoms with Crippen LogP contribution in [0.25, 0.3) is 0 Å². The predicted octanol–water partition coefficient (Wildman–Crippen LogP) is 3.70. The first-order valence-corrected chi connectivity index (χ1v) is 7.50. The van der Waals surface area contributed by atoms with E-state index in [0.29, 0.717) is 11.5 Å². The monoisotopic (exact) mass is 314 g/mol. The minimum absolute atomic E-state index is 0.243. The van der Waals surface area contributed by atoms with Crippen LogP contribution in [0, 0.1) is 20.8 Å². The molecular weight excluding hydrogens is 292 g/mol. The lowest BCUT2D eigenvalue weighted by Gasteiger charge is -2.18. The van der Waals surface area contributed by atoms with E-state index in [0.717, 1.165) is 22.3 Å². The predicted molar refractivity (Wildman–Crippen MR) is 89.4 cm³/mol. The number of hydrogen-bond donors (Lipinski definition) is 1. The summed E-state index contributed by atoms with van der Waals surface area (Å²) in [5.74, 6) is 0.250. The van der Waals surface area contributed by atoms with Crippen molar-refractivity contribution >= 4 is 5.97 Å². The fourth-order valence-electron chi connectivity index (χ4n) is 2.61. The minimum atomic E-state index is -0.993. The van der Waals surface area contributed by atoms with Crippen molar-refractivity contribution in [1.82, 2.24) is 0 Å². The maximum absolute atomic E-state index is 11.6. The Morgan fingerprint density at radius 2 is 1.70 bits per heavy atom. The summed E-state index contributed by atoms with van der Waals surface area (Å²) in [6.45, 7) is 5.88. The summed E-state index contributed by atoms with van der Waals surface area (Å²) in [7, 11) is 1.58. The van der Waals surface area contributed by atoms with Gasteiger partial charge in [0.1, 0.15) is 11.5 Å². The number of carbonyl (C=O) groups is 1. The van der Waals surface area contributed by atoms with E-state index < -0.39 is 12.1 Å². The van der Waals surface area contributed by atoms with Gasteiger partial charge >= 0.3 is 5.97 Å². The van der Waals surface area contributed by atoms with E-state index in [-0.39, 0.29) is 6.42 Å². The minimum Gasteiger partial charge on any atom is -0.496 e. The zero-order valence-corrected chi connectivity index (χ0v) is 13.9. The molecule has 0 aliphatic carbocycles. The van der Waals surface area contributed by atoms with E-state index in [1.165, 1.54) is 0 Å². The van der Waals surface area contributed by atoms with Crippen molar-refractivity contribution in [2.75, 3.05) is 7.11 Å². The van der Waals surface area contributed by atoms with Crippen molar-refractivity contribution in [2.45, 2.75) is 33.3 Å². The van der Waals surface area contributed by atoms with Crippen LogP contribution >= 0.6 is 0 Å². The first kappa shape index (κ1) is 16.9. The Morgan fingerprint density at radius 1 is 1.04 bits per heavy atom. The summed E-state index contributed by atoms with van der Waals surface area (Å²) in [5, 5.41) is 9.50. The molecule has 0 aliphatic rings. The quantitative estimate of drug-likeness (QED) is 0.883. The third-order valence-corrected chi connectivity index (χ3v) is 3.59. The molecule has 0 aromatic heterocycles. The van der Waals surface area contributed by atoms with Gasteiger partial charge in [0.25, 0.3) is 0 Å². The van der Waals surface area contributed by atoms with E-state index in [2.05, 4.69) is 0 Å². The average molecular weight is 314 g/mol. The molecule has 1 atom stereocenters. The molecule has 2 aromatic rings. The summed E-state index contributed by atoms with van der Waals surface area (Å²) in [4.78, 5) is 11.6. The standard InChI is InChI=1S/C19H22O4/c1-12-5-6-17(22-4)15(8-12)11-18(19(20)21)23-16-9-13(2)7-14(3)10-16/h5-10,18H,11H2,1-4H3,(H,20,21)/t18-/m1/s1. The number of benzene rings is 2. The number of methoxy groups -OCH3 is 1. The van der Waals surface area contributed by atoms with Gasteiger partial charge in [-0.05, 0) is 55.7 Å². The molecule has 1 N–H and O–H groups in total. The Balaban J connectivity index is 2.26. The zero-order chi connectivity index (χ0) is 17.0. The van der Waals surface area contributed by atoms with Gasteiger partial charge in [0.2, 0.25) is 0 Å². The first-order valence-electron chi connectivity index (χ1n) is 7.50. The number of rotatable bonds is 6. The Hall–Kier alpha value is -2.49. The third kappa shape index (κ3) is 4.49. The van der Waals surface area contributed by atoms with Gasteiger partial charge in [0.05, 0.1) is 7.11 Å². The normalized spacial score (nSPS) is 11.8. The fraction of sp³-hybridized carbons (Fsp3) is 0.316. The van der Waals surface area contributed by atoms with Crippen LogP contribution in [0.5, 0.6) is 11.5 Å². The van der Waals surface area contributed by atoms with E-state index in [1.807, 2.05) is 57.2 Å². The lowest BCUT2D eigenvalue weighted by atomic mass is 10.0. The fourth-order valence-corrected chi connectivity index (χ4v) is 2.61. The molecule has 4 nitrogen and oxygen atoms in total. The van der Waals surface area contributed by atoms with Gasteiger partial charge in [-0.25, -0.2) is 4.79 Å².